The van der Waals surface area contributed by atoms with Crippen molar-refractivity contribution in [2.75, 3.05) is 16.0 Å². The number of hydrazine groups is 2. The Morgan fingerprint density at radius 2 is 1.32 bits per heavy atom. The number of nitrogens with zero attached hydrogens (tertiary/aromatic N) is 1. The quantitative estimate of drug-likeness (QED) is 0.345. The van der Waals surface area contributed by atoms with Crippen molar-refractivity contribution in [3.8, 4) is 5.75 Å². The van der Waals surface area contributed by atoms with Crippen molar-refractivity contribution in [3.05, 3.63) is 48.0 Å². The van der Waals surface area contributed by atoms with E-state index in [4.69, 9.17) is 0 Å². The van der Waals surface area contributed by atoms with Gasteiger partial charge < -0.3 is 5.11 Å². The number of hydrogen-bond acceptors (Lipinski definition) is 4. The summed E-state index contributed by atoms with van der Waals surface area (Å²) in [5.74, 6) is 0.277. The molecule has 0 saturated heterocycles. The summed E-state index contributed by atoms with van der Waals surface area (Å²) in [6, 6.07) is 14.0. The van der Waals surface area contributed by atoms with Crippen LogP contribution < -0.4 is 16.0 Å². The lowest BCUT2D eigenvalue weighted by atomic mass is 10.0. The van der Waals surface area contributed by atoms with Crippen LogP contribution in [0.4, 0.5) is 17.1 Å². The molecule has 0 aromatic heterocycles. The van der Waals surface area contributed by atoms with Crippen LogP contribution in [0.25, 0.3) is 0 Å². The van der Waals surface area contributed by atoms with E-state index in [1.54, 1.807) is 11.2 Å². The summed E-state index contributed by atoms with van der Waals surface area (Å²) in [6.07, 6.45) is 14.6. The Bertz CT molecular complexity index is 707. The summed E-state index contributed by atoms with van der Waals surface area (Å²) in [5.41, 5.74) is 10.6. The summed E-state index contributed by atoms with van der Waals surface area (Å²) < 4.78 is 0. The molecule has 0 saturated carbocycles. The van der Waals surface area contributed by atoms with Gasteiger partial charge in [-0.3, -0.25) is 10.9 Å². The van der Waals surface area contributed by atoms with Crippen LogP contribution in [-0.2, 0) is 6.42 Å². The smallest absolute Gasteiger partial charge is 0.142 e. The monoisotopic (exact) mass is 381 g/mol. The molecule has 4 heteroatoms. The van der Waals surface area contributed by atoms with Crippen LogP contribution in [0.5, 0.6) is 5.75 Å². The molecular weight excluding hydrogens is 346 g/mol. The summed E-state index contributed by atoms with van der Waals surface area (Å²) in [7, 11) is 0. The molecule has 3 rings (SSSR count). The fraction of sp³-hybridized carbons (Fsp3) is 0.500. The van der Waals surface area contributed by atoms with E-state index in [2.05, 4.69) is 23.8 Å². The zero-order valence-corrected chi connectivity index (χ0v) is 17.2. The molecule has 2 aromatic rings. The molecule has 152 valence electrons. The van der Waals surface area contributed by atoms with Gasteiger partial charge in [-0.05, 0) is 42.7 Å². The third-order valence-electron chi connectivity index (χ3n) is 5.49. The minimum atomic E-state index is 0.277. The van der Waals surface area contributed by atoms with Crippen LogP contribution in [0, 0.1) is 0 Å². The minimum absolute atomic E-state index is 0.277. The van der Waals surface area contributed by atoms with Gasteiger partial charge >= 0.3 is 0 Å². The van der Waals surface area contributed by atoms with E-state index < -0.39 is 0 Å². The maximum atomic E-state index is 10.3. The van der Waals surface area contributed by atoms with Gasteiger partial charge in [0.05, 0.1) is 11.4 Å². The van der Waals surface area contributed by atoms with Crippen molar-refractivity contribution in [1.29, 1.82) is 0 Å². The van der Waals surface area contributed by atoms with Crippen LogP contribution in [0.2, 0.25) is 0 Å². The Hall–Kier alpha value is -2.36. The summed E-state index contributed by atoms with van der Waals surface area (Å²) in [4.78, 5) is 0. The van der Waals surface area contributed by atoms with Crippen LogP contribution in [0.1, 0.15) is 76.7 Å². The lowest BCUT2D eigenvalue weighted by molar-refractivity contribution is 0.475. The molecule has 0 aliphatic carbocycles. The average molecular weight is 382 g/mol. The van der Waals surface area contributed by atoms with Crippen molar-refractivity contribution in [1.82, 2.24) is 0 Å². The van der Waals surface area contributed by atoms with Crippen LogP contribution in [0.3, 0.4) is 0 Å². The summed E-state index contributed by atoms with van der Waals surface area (Å²) in [5, 5.41) is 12.1. The number of fused-ring (bicyclic) bond motifs is 1. The van der Waals surface area contributed by atoms with Gasteiger partial charge in [0.1, 0.15) is 11.4 Å². The molecule has 0 fully saturated rings. The zero-order chi connectivity index (χ0) is 19.6. The predicted octanol–water partition coefficient (Wildman–Crippen LogP) is 7.03. The number of aromatic hydroxyl groups is 1. The molecule has 0 unspecified atom stereocenters. The number of benzene rings is 2. The Morgan fingerprint density at radius 1 is 0.750 bits per heavy atom. The van der Waals surface area contributed by atoms with E-state index in [-0.39, 0.29) is 5.75 Å². The van der Waals surface area contributed by atoms with E-state index in [9.17, 15) is 5.11 Å². The Labute approximate surface area is 169 Å². The second kappa shape index (κ2) is 10.8. The van der Waals surface area contributed by atoms with E-state index in [1.165, 1.54) is 69.8 Å². The lowest BCUT2D eigenvalue weighted by Gasteiger charge is -2.20. The van der Waals surface area contributed by atoms with Gasteiger partial charge in [-0.15, -0.1) is 0 Å². The van der Waals surface area contributed by atoms with Gasteiger partial charge in [0.2, 0.25) is 0 Å². The first-order valence-electron chi connectivity index (χ1n) is 11.0. The Morgan fingerprint density at radius 3 is 1.93 bits per heavy atom. The highest BCUT2D eigenvalue weighted by atomic mass is 16.3. The summed E-state index contributed by atoms with van der Waals surface area (Å²) in [6.45, 7) is 2.27. The van der Waals surface area contributed by atoms with Gasteiger partial charge in [0.25, 0.3) is 0 Å². The first-order valence-corrected chi connectivity index (χ1v) is 11.0. The number of phenolic OH excluding ortho intramolecular Hbond substituents is 1. The maximum Gasteiger partial charge on any atom is 0.142 e. The van der Waals surface area contributed by atoms with Gasteiger partial charge in [-0.1, -0.05) is 82.9 Å². The molecule has 0 radical (unpaired) electrons. The van der Waals surface area contributed by atoms with Crippen molar-refractivity contribution in [3.63, 3.8) is 0 Å². The molecule has 28 heavy (non-hydrogen) atoms. The predicted molar refractivity (Wildman–Crippen MR) is 120 cm³/mol. The van der Waals surface area contributed by atoms with Crippen LogP contribution in [0.15, 0.2) is 42.5 Å². The number of anilines is 3. The van der Waals surface area contributed by atoms with Crippen molar-refractivity contribution < 1.29 is 5.11 Å². The molecule has 0 spiro atoms. The first kappa shape index (κ1) is 20.4. The van der Waals surface area contributed by atoms with Gasteiger partial charge in [0, 0.05) is 0 Å². The van der Waals surface area contributed by atoms with Gasteiger partial charge in [0.15, 0.2) is 0 Å². The largest absolute Gasteiger partial charge is 0.506 e. The molecule has 1 aliphatic heterocycles. The molecule has 4 nitrogen and oxygen atoms in total. The maximum absolute atomic E-state index is 10.3. The summed E-state index contributed by atoms with van der Waals surface area (Å²) >= 11 is 0. The lowest BCUT2D eigenvalue weighted by Crippen LogP contribution is -2.29. The molecule has 1 aliphatic rings. The van der Waals surface area contributed by atoms with E-state index in [0.717, 1.165) is 23.5 Å². The van der Waals surface area contributed by atoms with Crippen molar-refractivity contribution in [2.24, 2.45) is 0 Å². The number of nitrogens with one attached hydrogen (secondary N) is 2. The van der Waals surface area contributed by atoms with Crippen LogP contribution in [-0.4, -0.2) is 5.11 Å². The Balaban J connectivity index is 1.39. The number of para-hydroxylation sites is 2. The van der Waals surface area contributed by atoms with Crippen molar-refractivity contribution >= 4 is 17.1 Å². The highest BCUT2D eigenvalue weighted by Crippen LogP contribution is 2.35. The second-order valence-electron chi connectivity index (χ2n) is 7.86. The fourth-order valence-corrected chi connectivity index (χ4v) is 3.79. The van der Waals surface area contributed by atoms with E-state index in [1.807, 2.05) is 30.3 Å². The SMILES string of the molecule is CCCCCCCCCCCCc1ccc(O)c(N2Nc3ccccc3N2)c1. The topological polar surface area (TPSA) is 47.5 Å². The number of aryl methyl sites for hydroxylation is 1. The molecule has 3 N–H and O–H groups in total. The minimum Gasteiger partial charge on any atom is -0.506 e. The van der Waals surface area contributed by atoms with Gasteiger partial charge in [-0.25, -0.2) is 0 Å². The molecule has 2 aromatic carbocycles. The highest BCUT2D eigenvalue weighted by Gasteiger charge is 2.20. The van der Waals surface area contributed by atoms with Crippen LogP contribution >= 0.6 is 0 Å². The van der Waals surface area contributed by atoms with Crippen molar-refractivity contribution in [2.45, 2.75) is 77.6 Å². The number of unbranched alkanes of at least 4 members (excludes halogenated alkanes) is 9. The molecule has 1 heterocycles. The number of hydrogen-bond donors (Lipinski definition) is 3. The first-order chi connectivity index (χ1) is 13.8. The standard InChI is InChI=1S/C24H35N3O/c1-2-3-4-5-6-7-8-9-10-11-14-20-17-18-24(28)23(19-20)27-25-21-15-12-13-16-22(21)26-27/h12-13,15-19,25-26,28H,2-11,14H2,1H3. The fourth-order valence-electron chi connectivity index (χ4n) is 3.79. The average Bonchev–Trinajstić information content (AvgIpc) is 3.14. The Kier molecular flexibility index (Phi) is 7.89. The zero-order valence-electron chi connectivity index (χ0n) is 17.2. The number of rotatable bonds is 12. The molecule has 0 bridgehead atoms. The normalized spacial score (nSPS) is 12.5. The third-order valence-corrected chi connectivity index (χ3v) is 5.49. The third kappa shape index (κ3) is 5.82. The second-order valence-corrected chi connectivity index (χ2v) is 7.86. The molecule has 0 amide bonds. The van der Waals surface area contributed by atoms with Gasteiger partial charge in [-0.2, -0.15) is 5.12 Å². The van der Waals surface area contributed by atoms with E-state index >= 15 is 0 Å². The molecular formula is C24H35N3O. The van der Waals surface area contributed by atoms with E-state index in [0.29, 0.717) is 0 Å². The number of phenols is 1. The molecule has 0 atom stereocenters. The highest BCUT2D eigenvalue weighted by molar-refractivity contribution is 5.80.